The first-order valence-electron chi connectivity index (χ1n) is 11.1. The predicted octanol–water partition coefficient (Wildman–Crippen LogP) is 4.78. The number of pyridine rings is 1. The zero-order valence-electron chi connectivity index (χ0n) is 18.8. The quantitative estimate of drug-likeness (QED) is 0.525. The van der Waals surface area contributed by atoms with Crippen LogP contribution in [-0.4, -0.2) is 35.5 Å². The highest BCUT2D eigenvalue weighted by Crippen LogP contribution is 2.40. The predicted molar refractivity (Wildman–Crippen MR) is 127 cm³/mol. The Morgan fingerprint density at radius 3 is 2.76 bits per heavy atom. The molecule has 8 heteroatoms. The molecule has 0 saturated carbocycles. The summed E-state index contributed by atoms with van der Waals surface area (Å²) in [5.41, 5.74) is 2.17. The Labute approximate surface area is 196 Å². The smallest absolute Gasteiger partial charge is 0.357 e. The number of thiophene rings is 1. The van der Waals surface area contributed by atoms with Crippen molar-refractivity contribution in [2.24, 2.45) is 5.92 Å². The van der Waals surface area contributed by atoms with E-state index >= 15 is 0 Å². The van der Waals surface area contributed by atoms with Crippen LogP contribution < -0.4 is 5.32 Å². The second kappa shape index (κ2) is 9.70. The highest BCUT2D eigenvalue weighted by molar-refractivity contribution is 7.17. The molecule has 172 valence electrons. The van der Waals surface area contributed by atoms with E-state index < -0.39 is 23.9 Å². The summed E-state index contributed by atoms with van der Waals surface area (Å²) >= 11 is 1.40. The molecule has 1 aliphatic carbocycles. The summed E-state index contributed by atoms with van der Waals surface area (Å²) in [6.45, 7) is 5.67. The maximum Gasteiger partial charge on any atom is 0.357 e. The van der Waals surface area contributed by atoms with Crippen LogP contribution in [0.3, 0.4) is 0 Å². The summed E-state index contributed by atoms with van der Waals surface area (Å²) in [6.07, 6.45) is 1.55. The number of ether oxygens (including phenoxy) is 2. The van der Waals surface area contributed by atoms with Crippen LogP contribution in [0.15, 0.2) is 36.4 Å². The van der Waals surface area contributed by atoms with E-state index in [1.165, 1.54) is 18.3 Å². The molecule has 2 heterocycles. The van der Waals surface area contributed by atoms with Crippen molar-refractivity contribution in [2.45, 2.75) is 46.1 Å². The molecule has 2 aromatic heterocycles. The molecule has 1 N–H and O–H groups in total. The van der Waals surface area contributed by atoms with E-state index in [0.717, 1.165) is 35.1 Å². The summed E-state index contributed by atoms with van der Waals surface area (Å²) in [4.78, 5) is 43.5. The van der Waals surface area contributed by atoms with Crippen LogP contribution in [0.4, 0.5) is 5.00 Å². The fourth-order valence-electron chi connectivity index (χ4n) is 3.93. The molecule has 0 aliphatic heterocycles. The van der Waals surface area contributed by atoms with Gasteiger partial charge in [0, 0.05) is 10.3 Å². The van der Waals surface area contributed by atoms with E-state index in [-0.39, 0.29) is 12.3 Å². The van der Waals surface area contributed by atoms with Gasteiger partial charge in [0.1, 0.15) is 10.7 Å². The Balaban J connectivity index is 1.50. The molecule has 1 amide bonds. The van der Waals surface area contributed by atoms with Crippen molar-refractivity contribution < 1.29 is 23.9 Å². The largest absolute Gasteiger partial charge is 0.462 e. The topological polar surface area (TPSA) is 94.6 Å². The second-order valence-corrected chi connectivity index (χ2v) is 9.31. The normalized spacial score (nSPS) is 16.0. The monoisotopic (exact) mass is 466 g/mol. The number of hydrogen-bond acceptors (Lipinski definition) is 7. The first-order chi connectivity index (χ1) is 15.9. The molecule has 0 bridgehead atoms. The maximum atomic E-state index is 12.8. The van der Waals surface area contributed by atoms with Crippen LogP contribution in [0.25, 0.3) is 10.9 Å². The average molecular weight is 467 g/mol. The number of fused-ring (bicyclic) bond motifs is 2. The van der Waals surface area contributed by atoms with E-state index in [4.69, 9.17) is 9.47 Å². The van der Waals surface area contributed by atoms with Crippen molar-refractivity contribution in [2.75, 3.05) is 11.9 Å². The van der Waals surface area contributed by atoms with Gasteiger partial charge in [-0.15, -0.1) is 11.3 Å². The fourth-order valence-corrected chi connectivity index (χ4v) is 5.33. The van der Waals surface area contributed by atoms with E-state index in [9.17, 15) is 14.4 Å². The molecule has 3 aromatic rings. The Morgan fingerprint density at radius 2 is 1.97 bits per heavy atom. The molecule has 4 rings (SSSR count). The molecule has 7 nitrogen and oxygen atoms in total. The van der Waals surface area contributed by atoms with Gasteiger partial charge >= 0.3 is 11.9 Å². The minimum Gasteiger partial charge on any atom is -0.462 e. The number of esters is 2. The molecular formula is C25H26N2O5S. The van der Waals surface area contributed by atoms with Gasteiger partial charge in [-0.1, -0.05) is 31.2 Å². The summed E-state index contributed by atoms with van der Waals surface area (Å²) in [5.74, 6) is -1.12. The zero-order valence-corrected chi connectivity index (χ0v) is 19.7. The van der Waals surface area contributed by atoms with Gasteiger partial charge in [-0.05, 0) is 56.7 Å². The average Bonchev–Trinajstić information content (AvgIpc) is 3.15. The summed E-state index contributed by atoms with van der Waals surface area (Å²) in [7, 11) is 0. The van der Waals surface area contributed by atoms with E-state index in [1.54, 1.807) is 25.1 Å². The lowest BCUT2D eigenvalue weighted by Gasteiger charge is -2.18. The van der Waals surface area contributed by atoms with Crippen molar-refractivity contribution in [3.63, 3.8) is 0 Å². The maximum absolute atomic E-state index is 12.8. The number of nitrogens with zero attached hydrogens (tertiary/aromatic N) is 1. The summed E-state index contributed by atoms with van der Waals surface area (Å²) < 4.78 is 10.6. The molecule has 2 atom stereocenters. The van der Waals surface area contributed by atoms with Crippen LogP contribution >= 0.6 is 11.3 Å². The molecule has 0 radical (unpaired) electrons. The van der Waals surface area contributed by atoms with Gasteiger partial charge in [-0.2, -0.15) is 0 Å². The van der Waals surface area contributed by atoms with Crippen LogP contribution in [-0.2, 0) is 27.1 Å². The van der Waals surface area contributed by atoms with Gasteiger partial charge in [0.25, 0.3) is 5.91 Å². The molecular weight excluding hydrogens is 440 g/mol. The Hall–Kier alpha value is -3.26. The Kier molecular flexibility index (Phi) is 6.74. The van der Waals surface area contributed by atoms with Crippen molar-refractivity contribution in [1.29, 1.82) is 0 Å². The third kappa shape index (κ3) is 4.90. The minimum atomic E-state index is -1.07. The third-order valence-electron chi connectivity index (χ3n) is 5.69. The standard InChI is InChI=1S/C25H26N2O5S/c1-4-31-25(30)21-17-11-9-14(2)13-20(17)33-23(21)27-22(28)15(3)32-24(29)19-12-10-16-7-5-6-8-18(16)26-19/h5-8,10,12,14-15H,4,9,11,13H2,1-3H3,(H,27,28). The van der Waals surface area contributed by atoms with E-state index in [2.05, 4.69) is 17.2 Å². The lowest BCUT2D eigenvalue weighted by Crippen LogP contribution is -2.30. The molecule has 33 heavy (non-hydrogen) atoms. The van der Waals surface area contributed by atoms with Crippen molar-refractivity contribution in [3.05, 3.63) is 58.1 Å². The van der Waals surface area contributed by atoms with Gasteiger partial charge in [0.2, 0.25) is 0 Å². The lowest BCUT2D eigenvalue weighted by atomic mass is 9.88. The summed E-state index contributed by atoms with van der Waals surface area (Å²) in [6, 6.07) is 10.8. The third-order valence-corrected chi connectivity index (χ3v) is 6.86. The number of hydrogen-bond donors (Lipinski definition) is 1. The number of anilines is 1. The van der Waals surface area contributed by atoms with Gasteiger partial charge in [0.05, 0.1) is 17.7 Å². The fraction of sp³-hybridized carbons (Fsp3) is 0.360. The van der Waals surface area contributed by atoms with Crippen molar-refractivity contribution in [1.82, 2.24) is 4.98 Å². The first kappa shape index (κ1) is 22.9. The molecule has 0 fully saturated rings. The molecule has 1 aromatic carbocycles. The van der Waals surface area contributed by atoms with Crippen LogP contribution in [0, 0.1) is 5.92 Å². The minimum absolute atomic E-state index is 0.126. The van der Waals surface area contributed by atoms with Crippen molar-refractivity contribution in [3.8, 4) is 0 Å². The highest BCUT2D eigenvalue weighted by atomic mass is 32.1. The number of carbonyl (C=O) groups excluding carboxylic acids is 3. The molecule has 1 aliphatic rings. The number of benzene rings is 1. The number of rotatable bonds is 6. The van der Waals surface area contributed by atoms with E-state index in [1.807, 2.05) is 18.2 Å². The highest BCUT2D eigenvalue weighted by Gasteiger charge is 2.30. The van der Waals surface area contributed by atoms with Crippen LogP contribution in [0.2, 0.25) is 0 Å². The summed E-state index contributed by atoms with van der Waals surface area (Å²) in [5, 5.41) is 4.14. The number of aromatic nitrogens is 1. The van der Waals surface area contributed by atoms with Crippen LogP contribution in [0.5, 0.6) is 0 Å². The first-order valence-corrected chi connectivity index (χ1v) is 11.9. The zero-order chi connectivity index (χ0) is 23.5. The molecule has 0 saturated heterocycles. The van der Waals surface area contributed by atoms with Gasteiger partial charge in [-0.25, -0.2) is 14.6 Å². The number of carbonyl (C=O) groups is 3. The van der Waals surface area contributed by atoms with Gasteiger partial charge < -0.3 is 14.8 Å². The van der Waals surface area contributed by atoms with Crippen LogP contribution in [0.1, 0.15) is 58.5 Å². The van der Waals surface area contributed by atoms with E-state index in [0.29, 0.717) is 22.0 Å². The second-order valence-electron chi connectivity index (χ2n) is 8.20. The molecule has 0 spiro atoms. The number of amides is 1. The number of para-hydroxylation sites is 1. The Morgan fingerprint density at radius 1 is 1.18 bits per heavy atom. The lowest BCUT2D eigenvalue weighted by molar-refractivity contribution is -0.123. The molecule has 2 unspecified atom stereocenters. The number of nitrogens with one attached hydrogen (secondary N) is 1. The Bertz CT molecular complexity index is 1220. The van der Waals surface area contributed by atoms with Gasteiger partial charge in [-0.3, -0.25) is 4.79 Å². The van der Waals surface area contributed by atoms with Gasteiger partial charge in [0.15, 0.2) is 6.10 Å². The van der Waals surface area contributed by atoms with Crippen molar-refractivity contribution >= 4 is 45.1 Å². The SMILES string of the molecule is CCOC(=O)c1c(NC(=O)C(C)OC(=O)c2ccc3ccccc3n2)sc2c1CCC(C)C2.